The van der Waals surface area contributed by atoms with Crippen LogP contribution in [0.3, 0.4) is 0 Å². The number of sulfonamides is 1. The number of rotatable bonds is 4. The zero-order valence-electron chi connectivity index (χ0n) is 13.2. The van der Waals surface area contributed by atoms with E-state index in [9.17, 15) is 17.6 Å². The molecule has 1 saturated heterocycles. The summed E-state index contributed by atoms with van der Waals surface area (Å²) in [6, 6.07) is 11.1. The molecule has 1 amide bonds. The van der Waals surface area contributed by atoms with Crippen LogP contribution in [-0.4, -0.2) is 31.7 Å². The van der Waals surface area contributed by atoms with Gasteiger partial charge in [-0.1, -0.05) is 48.0 Å². The van der Waals surface area contributed by atoms with Gasteiger partial charge in [-0.05, 0) is 17.7 Å². The lowest BCUT2D eigenvalue weighted by Crippen LogP contribution is -2.52. The number of carbonyl (C=O) groups is 1. The minimum atomic E-state index is -3.88. The lowest BCUT2D eigenvalue weighted by atomic mass is 10.0. The van der Waals surface area contributed by atoms with Crippen LogP contribution in [0.25, 0.3) is 0 Å². The zero-order valence-corrected chi connectivity index (χ0v) is 14.7. The fourth-order valence-electron chi connectivity index (χ4n) is 2.83. The van der Waals surface area contributed by atoms with E-state index in [1.54, 1.807) is 30.3 Å². The van der Waals surface area contributed by atoms with Crippen LogP contribution in [-0.2, 0) is 20.6 Å². The lowest BCUT2D eigenvalue weighted by molar-refractivity contribution is -0.127. The van der Waals surface area contributed by atoms with Crippen LogP contribution >= 0.6 is 11.6 Å². The van der Waals surface area contributed by atoms with E-state index in [-0.39, 0.29) is 24.4 Å². The third-order valence-corrected chi connectivity index (χ3v) is 6.17. The minimum absolute atomic E-state index is 0.0300. The molecule has 1 aliphatic heterocycles. The number of hydrogen-bond donors (Lipinski definition) is 1. The molecule has 1 heterocycles. The second kappa shape index (κ2) is 7.11. The molecule has 0 bridgehead atoms. The van der Waals surface area contributed by atoms with Crippen LogP contribution < -0.4 is 5.32 Å². The van der Waals surface area contributed by atoms with Crippen molar-refractivity contribution in [2.45, 2.75) is 11.8 Å². The van der Waals surface area contributed by atoms with E-state index in [4.69, 9.17) is 11.6 Å². The maximum atomic E-state index is 14.2. The summed E-state index contributed by atoms with van der Waals surface area (Å²) in [5, 5.41) is 2.93. The molecular weight excluding hydrogens is 367 g/mol. The minimum Gasteiger partial charge on any atom is -0.353 e. The van der Waals surface area contributed by atoms with Gasteiger partial charge >= 0.3 is 0 Å². The fraction of sp³-hybridized carbons (Fsp3) is 0.235. The summed E-state index contributed by atoms with van der Waals surface area (Å²) in [7, 11) is -3.88. The van der Waals surface area contributed by atoms with Crippen molar-refractivity contribution in [2.75, 3.05) is 13.1 Å². The van der Waals surface area contributed by atoms with Crippen LogP contribution in [0.15, 0.2) is 48.5 Å². The van der Waals surface area contributed by atoms with Crippen molar-refractivity contribution in [1.29, 1.82) is 0 Å². The first kappa shape index (κ1) is 17.8. The summed E-state index contributed by atoms with van der Waals surface area (Å²) in [5.41, 5.74) is 0.463. The van der Waals surface area contributed by atoms with E-state index in [2.05, 4.69) is 5.32 Å². The average Bonchev–Trinajstić information content (AvgIpc) is 2.57. The molecule has 1 fully saturated rings. The number of amides is 1. The number of halogens is 2. The third kappa shape index (κ3) is 3.68. The molecule has 1 N–H and O–H groups in total. The Morgan fingerprint density at radius 3 is 2.56 bits per heavy atom. The number of piperazine rings is 1. The molecule has 0 aliphatic carbocycles. The van der Waals surface area contributed by atoms with Gasteiger partial charge in [0, 0.05) is 23.7 Å². The SMILES string of the molecule is O=C1NCCN(S(=O)(=O)Cc2ccccc2Cl)C1c1ccccc1F. The smallest absolute Gasteiger partial charge is 0.243 e. The van der Waals surface area contributed by atoms with Gasteiger partial charge in [0.15, 0.2) is 0 Å². The van der Waals surface area contributed by atoms with Gasteiger partial charge in [-0.15, -0.1) is 0 Å². The Morgan fingerprint density at radius 1 is 1.16 bits per heavy atom. The van der Waals surface area contributed by atoms with Gasteiger partial charge in [0.2, 0.25) is 15.9 Å². The maximum absolute atomic E-state index is 14.2. The van der Waals surface area contributed by atoms with Crippen molar-refractivity contribution in [2.24, 2.45) is 0 Å². The lowest BCUT2D eigenvalue weighted by Gasteiger charge is -2.34. The normalized spacial score (nSPS) is 18.8. The third-order valence-electron chi connectivity index (χ3n) is 4.02. The van der Waals surface area contributed by atoms with Crippen LogP contribution in [0.2, 0.25) is 5.02 Å². The quantitative estimate of drug-likeness (QED) is 0.883. The van der Waals surface area contributed by atoms with E-state index in [0.717, 1.165) is 4.31 Å². The molecule has 1 aliphatic rings. The Balaban J connectivity index is 1.99. The highest BCUT2D eigenvalue weighted by atomic mass is 35.5. The topological polar surface area (TPSA) is 66.5 Å². The molecule has 1 atom stereocenters. The first-order chi connectivity index (χ1) is 11.9. The van der Waals surface area contributed by atoms with Gasteiger partial charge in [-0.3, -0.25) is 4.79 Å². The predicted octanol–water partition coefficient (Wildman–Crippen LogP) is 2.48. The van der Waals surface area contributed by atoms with E-state index in [1.165, 1.54) is 18.2 Å². The molecule has 0 saturated carbocycles. The van der Waals surface area contributed by atoms with E-state index in [1.807, 2.05) is 0 Å². The summed E-state index contributed by atoms with van der Waals surface area (Å²) in [4.78, 5) is 12.3. The van der Waals surface area contributed by atoms with Gasteiger partial charge in [-0.2, -0.15) is 4.31 Å². The molecule has 0 aromatic heterocycles. The highest BCUT2D eigenvalue weighted by molar-refractivity contribution is 7.88. The van der Waals surface area contributed by atoms with E-state index >= 15 is 0 Å². The van der Waals surface area contributed by atoms with E-state index < -0.39 is 27.8 Å². The second-order valence-corrected chi connectivity index (χ2v) is 8.00. The number of nitrogens with zero attached hydrogens (tertiary/aromatic N) is 1. The highest BCUT2D eigenvalue weighted by Crippen LogP contribution is 2.30. The molecule has 1 unspecified atom stereocenters. The first-order valence-electron chi connectivity index (χ1n) is 7.65. The monoisotopic (exact) mass is 382 g/mol. The van der Waals surface area contributed by atoms with Gasteiger partial charge in [0.1, 0.15) is 11.9 Å². The summed E-state index contributed by atoms with van der Waals surface area (Å²) in [5.74, 6) is -1.52. The van der Waals surface area contributed by atoms with Crippen molar-refractivity contribution in [3.63, 3.8) is 0 Å². The van der Waals surface area contributed by atoms with Crippen LogP contribution in [0.4, 0.5) is 4.39 Å². The van der Waals surface area contributed by atoms with Gasteiger partial charge in [-0.25, -0.2) is 12.8 Å². The van der Waals surface area contributed by atoms with Crippen molar-refractivity contribution >= 4 is 27.5 Å². The second-order valence-electron chi connectivity index (χ2n) is 5.67. The molecule has 2 aromatic carbocycles. The molecule has 0 spiro atoms. The molecule has 0 radical (unpaired) electrons. The Kier molecular flexibility index (Phi) is 5.08. The largest absolute Gasteiger partial charge is 0.353 e. The molecule has 5 nitrogen and oxygen atoms in total. The molecule has 25 heavy (non-hydrogen) atoms. The number of nitrogens with one attached hydrogen (secondary N) is 1. The Bertz CT molecular complexity index is 904. The standard InChI is InChI=1S/C17H16ClFN2O3S/c18-14-7-3-1-5-12(14)11-25(23,24)21-10-9-20-17(22)16(21)13-6-2-4-8-15(13)19/h1-8,16H,9-11H2,(H,20,22). The van der Waals surface area contributed by atoms with Gasteiger partial charge in [0.05, 0.1) is 5.75 Å². The van der Waals surface area contributed by atoms with Crippen molar-refractivity contribution in [3.8, 4) is 0 Å². The van der Waals surface area contributed by atoms with Crippen LogP contribution in [0.1, 0.15) is 17.2 Å². The molecular formula is C17H16ClFN2O3S. The van der Waals surface area contributed by atoms with Gasteiger partial charge in [0.25, 0.3) is 0 Å². The average molecular weight is 383 g/mol. The molecule has 3 rings (SSSR count). The highest BCUT2D eigenvalue weighted by Gasteiger charge is 2.40. The van der Waals surface area contributed by atoms with Crippen molar-refractivity contribution in [3.05, 3.63) is 70.5 Å². The summed E-state index contributed by atoms with van der Waals surface area (Å²) >= 11 is 6.05. The summed E-state index contributed by atoms with van der Waals surface area (Å²) in [6.45, 7) is 0.239. The summed E-state index contributed by atoms with van der Waals surface area (Å²) < 4.78 is 41.1. The Hall–Kier alpha value is -1.96. The van der Waals surface area contributed by atoms with Crippen molar-refractivity contribution < 1.29 is 17.6 Å². The fourth-order valence-corrected chi connectivity index (χ4v) is 4.83. The zero-order chi connectivity index (χ0) is 18.0. The van der Waals surface area contributed by atoms with E-state index in [0.29, 0.717) is 10.6 Å². The first-order valence-corrected chi connectivity index (χ1v) is 9.64. The van der Waals surface area contributed by atoms with Crippen molar-refractivity contribution in [1.82, 2.24) is 9.62 Å². The predicted molar refractivity (Wildman–Crippen MR) is 92.9 cm³/mol. The Labute approximate surface area is 150 Å². The number of carbonyl (C=O) groups excluding carboxylic acids is 1. The number of hydrogen-bond acceptors (Lipinski definition) is 3. The molecule has 8 heteroatoms. The molecule has 132 valence electrons. The Morgan fingerprint density at radius 2 is 1.84 bits per heavy atom. The number of benzene rings is 2. The van der Waals surface area contributed by atoms with Gasteiger partial charge < -0.3 is 5.32 Å². The van der Waals surface area contributed by atoms with Crippen LogP contribution in [0, 0.1) is 5.82 Å². The summed E-state index contributed by atoms with van der Waals surface area (Å²) in [6.07, 6.45) is 0. The van der Waals surface area contributed by atoms with Crippen LogP contribution in [0.5, 0.6) is 0 Å². The molecule has 2 aromatic rings. The maximum Gasteiger partial charge on any atom is 0.243 e.